The normalized spacial score (nSPS) is 21.7. The van der Waals surface area contributed by atoms with Gasteiger partial charge in [-0.3, -0.25) is 9.69 Å². The van der Waals surface area contributed by atoms with E-state index in [4.69, 9.17) is 0 Å². The maximum Gasteiger partial charge on any atom is 0.327 e. The van der Waals surface area contributed by atoms with Gasteiger partial charge < -0.3 is 15.7 Å². The maximum absolute atomic E-state index is 12.2. The molecule has 1 fully saturated rings. The van der Waals surface area contributed by atoms with E-state index in [0.717, 1.165) is 0 Å². The highest BCUT2D eigenvalue weighted by Crippen LogP contribution is 2.33. The molecule has 0 aromatic rings. The van der Waals surface area contributed by atoms with Crippen molar-refractivity contribution < 1.29 is 19.5 Å². The Bertz CT molecular complexity index is 414. The minimum Gasteiger partial charge on any atom is -0.480 e. The van der Waals surface area contributed by atoms with Crippen molar-refractivity contribution in [2.75, 3.05) is 12.3 Å². The number of amides is 3. The molecule has 1 aliphatic heterocycles. The summed E-state index contributed by atoms with van der Waals surface area (Å²) >= 11 is 1.45. The van der Waals surface area contributed by atoms with Gasteiger partial charge in [0, 0.05) is 11.8 Å². The van der Waals surface area contributed by atoms with Crippen LogP contribution in [0.3, 0.4) is 0 Å². The van der Waals surface area contributed by atoms with E-state index in [1.807, 2.05) is 27.7 Å². The molecule has 1 aliphatic rings. The van der Waals surface area contributed by atoms with E-state index < -0.39 is 18.0 Å². The van der Waals surface area contributed by atoms with Crippen molar-refractivity contribution >= 4 is 29.7 Å². The van der Waals surface area contributed by atoms with E-state index in [9.17, 15) is 19.5 Å². The highest BCUT2D eigenvalue weighted by molar-refractivity contribution is 8.00. The molecule has 2 atom stereocenters. The van der Waals surface area contributed by atoms with E-state index in [-0.39, 0.29) is 29.8 Å². The van der Waals surface area contributed by atoms with Crippen LogP contribution in [0.2, 0.25) is 0 Å². The van der Waals surface area contributed by atoms with E-state index in [1.54, 1.807) is 0 Å². The largest absolute Gasteiger partial charge is 0.480 e. The SMILES string of the molecule is CC(C)NC(=O)CNC(=O)N1C(C(=O)O)CSC1C(C)C. The van der Waals surface area contributed by atoms with Gasteiger partial charge in [-0.25, -0.2) is 9.59 Å². The van der Waals surface area contributed by atoms with Gasteiger partial charge in [-0.2, -0.15) is 0 Å². The molecule has 8 heteroatoms. The van der Waals surface area contributed by atoms with Gasteiger partial charge >= 0.3 is 12.0 Å². The van der Waals surface area contributed by atoms with Crippen molar-refractivity contribution in [2.45, 2.75) is 45.2 Å². The first-order chi connectivity index (χ1) is 9.73. The van der Waals surface area contributed by atoms with Crippen molar-refractivity contribution in [1.29, 1.82) is 0 Å². The first-order valence-electron chi connectivity index (χ1n) is 6.94. The van der Waals surface area contributed by atoms with Gasteiger partial charge in [-0.1, -0.05) is 13.8 Å². The molecular weight excluding hydrogens is 294 g/mol. The molecule has 0 bridgehead atoms. The topological polar surface area (TPSA) is 98.7 Å². The minimum atomic E-state index is -1.02. The Hall–Kier alpha value is -1.44. The lowest BCUT2D eigenvalue weighted by Crippen LogP contribution is -2.53. The van der Waals surface area contributed by atoms with Gasteiger partial charge in [-0.05, 0) is 19.8 Å². The Morgan fingerprint density at radius 3 is 2.38 bits per heavy atom. The average Bonchev–Trinajstić information content (AvgIpc) is 2.79. The van der Waals surface area contributed by atoms with Crippen molar-refractivity contribution in [1.82, 2.24) is 15.5 Å². The van der Waals surface area contributed by atoms with Gasteiger partial charge in [0.05, 0.1) is 11.9 Å². The number of aliphatic carboxylic acids is 1. The molecule has 7 nitrogen and oxygen atoms in total. The Morgan fingerprint density at radius 2 is 1.90 bits per heavy atom. The third-order valence-electron chi connectivity index (χ3n) is 2.97. The minimum absolute atomic E-state index is 0.00748. The molecule has 3 amide bonds. The zero-order valence-electron chi connectivity index (χ0n) is 12.8. The van der Waals surface area contributed by atoms with Crippen molar-refractivity contribution in [3.8, 4) is 0 Å². The molecule has 0 aliphatic carbocycles. The maximum atomic E-state index is 12.2. The van der Waals surface area contributed by atoms with Gasteiger partial charge in [0.2, 0.25) is 5.91 Å². The summed E-state index contributed by atoms with van der Waals surface area (Å²) in [5.41, 5.74) is 0. The molecule has 0 spiro atoms. The summed E-state index contributed by atoms with van der Waals surface area (Å²) in [6, 6.07) is -1.37. The zero-order chi connectivity index (χ0) is 16.2. The first-order valence-corrected chi connectivity index (χ1v) is 7.98. The monoisotopic (exact) mass is 317 g/mol. The van der Waals surface area contributed by atoms with Crippen molar-refractivity contribution in [3.05, 3.63) is 0 Å². The van der Waals surface area contributed by atoms with Crippen LogP contribution in [0.5, 0.6) is 0 Å². The molecular formula is C13H23N3O4S. The number of carbonyl (C=O) groups is 3. The Kier molecular flexibility index (Phi) is 6.32. The second kappa shape index (κ2) is 7.53. The number of carboxylic acid groups (broad SMARTS) is 1. The van der Waals surface area contributed by atoms with E-state index in [0.29, 0.717) is 5.75 Å². The summed E-state index contributed by atoms with van der Waals surface area (Å²) in [5, 5.41) is 14.2. The lowest BCUT2D eigenvalue weighted by atomic mass is 10.2. The fourth-order valence-electron chi connectivity index (χ4n) is 2.11. The Labute approximate surface area is 128 Å². The number of hydrogen-bond donors (Lipinski definition) is 3. The van der Waals surface area contributed by atoms with Gasteiger partial charge in [-0.15, -0.1) is 11.8 Å². The number of nitrogens with zero attached hydrogens (tertiary/aromatic N) is 1. The summed E-state index contributed by atoms with van der Waals surface area (Å²) in [4.78, 5) is 36.3. The molecule has 0 saturated carbocycles. The second-order valence-electron chi connectivity index (χ2n) is 5.61. The third kappa shape index (κ3) is 4.80. The summed E-state index contributed by atoms with van der Waals surface area (Å²) in [5.74, 6) is -0.816. The van der Waals surface area contributed by atoms with Crippen LogP contribution in [0.4, 0.5) is 4.79 Å². The number of carboxylic acids is 1. The van der Waals surface area contributed by atoms with Crippen LogP contribution >= 0.6 is 11.8 Å². The fourth-order valence-corrected chi connectivity index (χ4v) is 3.58. The molecule has 0 aromatic heterocycles. The van der Waals surface area contributed by atoms with Crippen LogP contribution in [-0.2, 0) is 9.59 Å². The van der Waals surface area contributed by atoms with Crippen LogP contribution in [0.15, 0.2) is 0 Å². The third-order valence-corrected chi connectivity index (χ3v) is 4.60. The van der Waals surface area contributed by atoms with E-state index >= 15 is 0 Å². The predicted molar refractivity (Wildman–Crippen MR) is 81.0 cm³/mol. The van der Waals surface area contributed by atoms with E-state index in [1.165, 1.54) is 16.7 Å². The van der Waals surface area contributed by atoms with Crippen molar-refractivity contribution in [3.63, 3.8) is 0 Å². The molecule has 0 aromatic carbocycles. The van der Waals surface area contributed by atoms with Crippen LogP contribution in [0.1, 0.15) is 27.7 Å². The summed E-state index contributed by atoms with van der Waals surface area (Å²) in [6.45, 7) is 7.37. The molecule has 2 unspecified atom stereocenters. The van der Waals surface area contributed by atoms with Crippen LogP contribution in [0.25, 0.3) is 0 Å². The number of carbonyl (C=O) groups excluding carboxylic acids is 2. The molecule has 3 N–H and O–H groups in total. The quantitative estimate of drug-likeness (QED) is 0.693. The van der Waals surface area contributed by atoms with Gasteiger partial charge in [0.25, 0.3) is 0 Å². The lowest BCUT2D eigenvalue weighted by molar-refractivity contribution is -0.141. The molecule has 0 radical (unpaired) electrons. The lowest BCUT2D eigenvalue weighted by Gasteiger charge is -2.29. The number of urea groups is 1. The standard InChI is InChI=1S/C13H23N3O4S/c1-7(2)11-16(9(6-21-11)12(18)19)13(20)14-5-10(17)15-8(3)4/h7-9,11H,5-6H2,1-4H3,(H,14,20)(H,15,17)(H,18,19). The Morgan fingerprint density at radius 1 is 1.29 bits per heavy atom. The summed E-state index contributed by atoms with van der Waals surface area (Å²) < 4.78 is 0. The number of nitrogens with one attached hydrogen (secondary N) is 2. The summed E-state index contributed by atoms with van der Waals surface area (Å²) in [7, 11) is 0. The Balaban J connectivity index is 2.67. The molecule has 1 heterocycles. The van der Waals surface area contributed by atoms with Crippen LogP contribution in [-0.4, -0.2) is 57.7 Å². The molecule has 21 heavy (non-hydrogen) atoms. The number of rotatable bonds is 5. The van der Waals surface area contributed by atoms with E-state index in [2.05, 4.69) is 10.6 Å². The average molecular weight is 317 g/mol. The smallest absolute Gasteiger partial charge is 0.327 e. The molecule has 120 valence electrons. The fraction of sp³-hybridized carbons (Fsp3) is 0.769. The zero-order valence-corrected chi connectivity index (χ0v) is 13.6. The highest BCUT2D eigenvalue weighted by Gasteiger charge is 2.42. The predicted octanol–water partition coefficient (Wildman–Crippen LogP) is 0.705. The first kappa shape index (κ1) is 17.6. The second-order valence-corrected chi connectivity index (χ2v) is 6.76. The highest BCUT2D eigenvalue weighted by atomic mass is 32.2. The van der Waals surface area contributed by atoms with Gasteiger partial charge in [0.1, 0.15) is 6.04 Å². The molecule has 1 rings (SSSR count). The van der Waals surface area contributed by atoms with Gasteiger partial charge in [0.15, 0.2) is 0 Å². The number of thioether (sulfide) groups is 1. The van der Waals surface area contributed by atoms with Crippen LogP contribution in [0, 0.1) is 5.92 Å². The summed E-state index contributed by atoms with van der Waals surface area (Å²) in [6.07, 6.45) is 0. The molecule has 1 saturated heterocycles. The van der Waals surface area contributed by atoms with Crippen molar-refractivity contribution in [2.24, 2.45) is 5.92 Å². The number of hydrogen-bond acceptors (Lipinski definition) is 4. The van der Waals surface area contributed by atoms with Crippen LogP contribution < -0.4 is 10.6 Å².